The summed E-state index contributed by atoms with van der Waals surface area (Å²) in [5, 5.41) is 4.92. The lowest BCUT2D eigenvalue weighted by Gasteiger charge is -2.16. The van der Waals surface area contributed by atoms with Crippen molar-refractivity contribution in [3.05, 3.63) is 22.4 Å². The standard InChI is InChI=1S/C19H26F3N5O/c1-12-10-26(8-4-7-19(20,21)22)11-15(12)16-24-17-14(18(28)25-16)9-23-27(17)13-5-2-3-6-13/h9,12-13,15H,2-8,10-11H2,1H3,(H,24,25,28)/t12-,15-/m1/s1. The number of hydrogen-bond acceptors (Lipinski definition) is 4. The lowest BCUT2D eigenvalue weighted by molar-refractivity contribution is -0.136. The molecule has 0 bridgehead atoms. The van der Waals surface area contributed by atoms with Crippen LogP contribution in [0.3, 0.4) is 0 Å². The number of halogens is 3. The van der Waals surface area contributed by atoms with Crippen LogP contribution in [0.5, 0.6) is 0 Å². The molecule has 154 valence electrons. The molecule has 2 aromatic heterocycles. The molecule has 3 heterocycles. The number of hydrogen-bond donors (Lipinski definition) is 1. The minimum absolute atomic E-state index is 0.00918. The second-order valence-electron chi connectivity index (χ2n) is 8.28. The fourth-order valence-corrected chi connectivity index (χ4v) is 4.65. The largest absolute Gasteiger partial charge is 0.389 e. The number of H-pyrrole nitrogens is 1. The van der Waals surface area contributed by atoms with E-state index >= 15 is 0 Å². The molecule has 1 N–H and O–H groups in total. The Morgan fingerprint density at radius 3 is 2.71 bits per heavy atom. The Bertz CT molecular complexity index is 884. The molecule has 28 heavy (non-hydrogen) atoms. The van der Waals surface area contributed by atoms with Gasteiger partial charge >= 0.3 is 6.18 Å². The van der Waals surface area contributed by atoms with E-state index < -0.39 is 12.6 Å². The molecule has 1 aliphatic heterocycles. The van der Waals surface area contributed by atoms with E-state index in [0.717, 1.165) is 25.7 Å². The Labute approximate surface area is 161 Å². The van der Waals surface area contributed by atoms with E-state index in [9.17, 15) is 18.0 Å². The van der Waals surface area contributed by atoms with Crippen molar-refractivity contribution in [2.24, 2.45) is 5.92 Å². The molecule has 0 aromatic carbocycles. The topological polar surface area (TPSA) is 66.8 Å². The highest BCUT2D eigenvalue weighted by molar-refractivity contribution is 5.73. The van der Waals surface area contributed by atoms with Crippen molar-refractivity contribution in [3.8, 4) is 0 Å². The second kappa shape index (κ2) is 7.50. The first-order valence-electron chi connectivity index (χ1n) is 10.1. The molecule has 1 aliphatic carbocycles. The Hall–Kier alpha value is -1.90. The van der Waals surface area contributed by atoms with Crippen molar-refractivity contribution in [2.75, 3.05) is 19.6 Å². The van der Waals surface area contributed by atoms with Crippen LogP contribution >= 0.6 is 0 Å². The predicted octanol–water partition coefficient (Wildman–Crippen LogP) is 3.61. The van der Waals surface area contributed by atoms with Gasteiger partial charge in [0.2, 0.25) is 0 Å². The summed E-state index contributed by atoms with van der Waals surface area (Å²) < 4.78 is 39.1. The van der Waals surface area contributed by atoms with E-state index in [-0.39, 0.29) is 23.8 Å². The average Bonchev–Trinajstić information content (AvgIpc) is 3.32. The van der Waals surface area contributed by atoms with Gasteiger partial charge in [-0.25, -0.2) is 9.67 Å². The SMILES string of the molecule is C[C@@H]1CN(CCCC(F)(F)F)C[C@H]1c1nc2c(cnn2C2CCCC2)c(=O)[nH]1. The Morgan fingerprint density at radius 1 is 1.25 bits per heavy atom. The number of aromatic nitrogens is 4. The molecule has 2 atom stereocenters. The van der Waals surface area contributed by atoms with Gasteiger partial charge in [-0.3, -0.25) is 4.79 Å². The van der Waals surface area contributed by atoms with Crippen LogP contribution in [0, 0.1) is 5.92 Å². The molecule has 1 saturated heterocycles. The van der Waals surface area contributed by atoms with Gasteiger partial charge in [0.25, 0.3) is 5.56 Å². The number of likely N-dealkylation sites (tertiary alicyclic amines) is 1. The van der Waals surface area contributed by atoms with E-state index in [1.54, 1.807) is 6.20 Å². The zero-order chi connectivity index (χ0) is 19.9. The van der Waals surface area contributed by atoms with Gasteiger partial charge in [0.1, 0.15) is 11.2 Å². The zero-order valence-corrected chi connectivity index (χ0v) is 16.0. The van der Waals surface area contributed by atoms with Crippen molar-refractivity contribution >= 4 is 11.0 Å². The van der Waals surface area contributed by atoms with Crippen molar-refractivity contribution in [1.82, 2.24) is 24.6 Å². The number of rotatable bonds is 5. The van der Waals surface area contributed by atoms with Crippen LogP contribution in [0.25, 0.3) is 11.0 Å². The molecule has 2 aliphatic rings. The summed E-state index contributed by atoms with van der Waals surface area (Å²) in [5.74, 6) is 0.854. The van der Waals surface area contributed by atoms with Crippen LogP contribution < -0.4 is 5.56 Å². The summed E-state index contributed by atoms with van der Waals surface area (Å²) in [5.41, 5.74) is 0.445. The summed E-state index contributed by atoms with van der Waals surface area (Å²) in [4.78, 5) is 22.3. The first kappa shape index (κ1) is 19.4. The molecule has 9 heteroatoms. The van der Waals surface area contributed by atoms with Crippen LogP contribution in [0.4, 0.5) is 13.2 Å². The van der Waals surface area contributed by atoms with Gasteiger partial charge in [-0.15, -0.1) is 0 Å². The fourth-order valence-electron chi connectivity index (χ4n) is 4.65. The first-order chi connectivity index (χ1) is 13.3. The number of nitrogens with zero attached hydrogens (tertiary/aromatic N) is 4. The molecule has 4 rings (SSSR count). The van der Waals surface area contributed by atoms with Crippen LogP contribution in [-0.2, 0) is 0 Å². The zero-order valence-electron chi connectivity index (χ0n) is 16.0. The third-order valence-electron chi connectivity index (χ3n) is 6.13. The van der Waals surface area contributed by atoms with E-state index in [2.05, 4.69) is 17.0 Å². The van der Waals surface area contributed by atoms with Crippen molar-refractivity contribution in [3.63, 3.8) is 0 Å². The highest BCUT2D eigenvalue weighted by Crippen LogP contribution is 2.33. The molecule has 0 amide bonds. The smallest absolute Gasteiger partial charge is 0.310 e. The number of fused-ring (bicyclic) bond motifs is 1. The van der Waals surface area contributed by atoms with Crippen LogP contribution in [0.15, 0.2) is 11.0 Å². The van der Waals surface area contributed by atoms with E-state index in [1.807, 2.05) is 9.58 Å². The molecule has 1 saturated carbocycles. The molecule has 2 aromatic rings. The normalized spacial score (nSPS) is 24.6. The van der Waals surface area contributed by atoms with Crippen molar-refractivity contribution < 1.29 is 13.2 Å². The summed E-state index contributed by atoms with van der Waals surface area (Å²) in [7, 11) is 0. The van der Waals surface area contributed by atoms with Gasteiger partial charge in [-0.2, -0.15) is 18.3 Å². The minimum Gasteiger partial charge on any atom is -0.310 e. The second-order valence-corrected chi connectivity index (χ2v) is 8.28. The van der Waals surface area contributed by atoms with Gasteiger partial charge in [0.05, 0.1) is 12.2 Å². The lowest BCUT2D eigenvalue weighted by atomic mass is 9.97. The van der Waals surface area contributed by atoms with E-state index in [0.29, 0.717) is 42.5 Å². The third kappa shape index (κ3) is 3.94. The van der Waals surface area contributed by atoms with Gasteiger partial charge in [0.15, 0.2) is 5.65 Å². The molecule has 6 nitrogen and oxygen atoms in total. The maximum atomic E-state index is 12.6. The minimum atomic E-state index is -4.11. The first-order valence-corrected chi connectivity index (χ1v) is 10.1. The summed E-state index contributed by atoms with van der Waals surface area (Å²) in [6.45, 7) is 3.80. The number of alkyl halides is 3. The van der Waals surface area contributed by atoms with Crippen LogP contribution in [-0.4, -0.2) is 50.5 Å². The highest BCUT2D eigenvalue weighted by atomic mass is 19.4. The maximum absolute atomic E-state index is 12.6. The van der Waals surface area contributed by atoms with Gasteiger partial charge < -0.3 is 9.88 Å². The number of nitrogens with one attached hydrogen (secondary N) is 1. The van der Waals surface area contributed by atoms with Crippen LogP contribution in [0.1, 0.15) is 63.2 Å². The molecular formula is C19H26F3N5O. The Balaban J connectivity index is 1.53. The maximum Gasteiger partial charge on any atom is 0.389 e. The van der Waals surface area contributed by atoms with Crippen LogP contribution in [0.2, 0.25) is 0 Å². The molecule has 2 fully saturated rings. The number of aromatic amines is 1. The van der Waals surface area contributed by atoms with Crippen molar-refractivity contribution in [2.45, 2.75) is 63.6 Å². The van der Waals surface area contributed by atoms with Gasteiger partial charge in [-0.1, -0.05) is 19.8 Å². The van der Waals surface area contributed by atoms with E-state index in [4.69, 9.17) is 4.98 Å². The molecule has 0 unspecified atom stereocenters. The molecule has 0 radical (unpaired) electrons. The Kier molecular flexibility index (Phi) is 5.20. The van der Waals surface area contributed by atoms with Gasteiger partial charge in [0, 0.05) is 25.4 Å². The third-order valence-corrected chi connectivity index (χ3v) is 6.13. The quantitative estimate of drug-likeness (QED) is 0.837. The summed E-state index contributed by atoms with van der Waals surface area (Å²) in [6, 6.07) is 0.291. The Morgan fingerprint density at radius 2 is 2.00 bits per heavy atom. The average molecular weight is 397 g/mol. The monoisotopic (exact) mass is 397 g/mol. The van der Waals surface area contributed by atoms with Crippen molar-refractivity contribution in [1.29, 1.82) is 0 Å². The van der Waals surface area contributed by atoms with E-state index in [1.165, 1.54) is 0 Å². The molecule has 0 spiro atoms. The summed E-state index contributed by atoms with van der Waals surface area (Å²) >= 11 is 0. The highest BCUT2D eigenvalue weighted by Gasteiger charge is 2.34. The fraction of sp³-hybridized carbons (Fsp3) is 0.737. The predicted molar refractivity (Wildman–Crippen MR) is 99.3 cm³/mol. The summed E-state index contributed by atoms with van der Waals surface area (Å²) in [6.07, 6.45) is 1.24. The lowest BCUT2D eigenvalue weighted by Crippen LogP contribution is -2.24. The molecular weight excluding hydrogens is 371 g/mol. The van der Waals surface area contributed by atoms with Gasteiger partial charge in [-0.05, 0) is 31.7 Å².